The van der Waals surface area contributed by atoms with Gasteiger partial charge < -0.3 is 24.4 Å². The third-order valence-corrected chi connectivity index (χ3v) is 3.65. The van der Waals surface area contributed by atoms with Gasteiger partial charge in [-0.05, 0) is 30.5 Å². The molecule has 0 amide bonds. The van der Waals surface area contributed by atoms with Crippen molar-refractivity contribution in [2.24, 2.45) is 4.99 Å². The summed E-state index contributed by atoms with van der Waals surface area (Å²) >= 11 is 0. The molecule has 1 aromatic rings. The van der Waals surface area contributed by atoms with E-state index >= 15 is 0 Å². The highest BCUT2D eigenvalue weighted by molar-refractivity contribution is 14.0. The Morgan fingerprint density at radius 1 is 1.20 bits per heavy atom. The summed E-state index contributed by atoms with van der Waals surface area (Å²) in [6.45, 7) is 5.27. The van der Waals surface area contributed by atoms with Crippen molar-refractivity contribution in [3.8, 4) is 17.2 Å². The van der Waals surface area contributed by atoms with Crippen LogP contribution in [0.15, 0.2) is 29.8 Å². The van der Waals surface area contributed by atoms with E-state index in [2.05, 4.69) is 21.8 Å². The summed E-state index contributed by atoms with van der Waals surface area (Å²) in [4.78, 5) is 6.42. The topological polar surface area (TPSA) is 55.3 Å². The number of nitrogens with one attached hydrogen (secondary N) is 1. The second-order valence-corrected chi connectivity index (χ2v) is 5.29. The van der Waals surface area contributed by atoms with E-state index in [4.69, 9.17) is 14.2 Å². The van der Waals surface area contributed by atoms with E-state index in [0.29, 0.717) is 23.8 Å². The molecule has 142 valence electrons. The number of hydrogen-bond donors (Lipinski definition) is 1. The lowest BCUT2D eigenvalue weighted by Crippen LogP contribution is -2.38. The lowest BCUT2D eigenvalue weighted by Gasteiger charge is -2.22. The molecule has 0 saturated carbocycles. The molecule has 6 nitrogen and oxygen atoms in total. The van der Waals surface area contributed by atoms with Gasteiger partial charge in [-0.3, -0.25) is 4.99 Å². The first-order valence-electron chi connectivity index (χ1n) is 7.92. The lowest BCUT2D eigenvalue weighted by atomic mass is 10.2. The number of methoxy groups -OCH3 is 3. The molecule has 0 aliphatic heterocycles. The molecule has 0 heterocycles. The van der Waals surface area contributed by atoms with Crippen LogP contribution in [0.1, 0.15) is 18.4 Å². The summed E-state index contributed by atoms with van der Waals surface area (Å²) in [5.41, 5.74) is 1.02. The summed E-state index contributed by atoms with van der Waals surface area (Å²) in [5, 5.41) is 3.35. The number of nitrogens with zero attached hydrogens (tertiary/aromatic N) is 2. The van der Waals surface area contributed by atoms with Crippen LogP contribution in [0.4, 0.5) is 0 Å². The molecule has 0 bridgehead atoms. The van der Waals surface area contributed by atoms with Crippen LogP contribution in [-0.4, -0.2) is 52.8 Å². The molecule has 0 aliphatic rings. The number of hydrogen-bond acceptors (Lipinski definition) is 4. The molecule has 7 heteroatoms. The van der Waals surface area contributed by atoms with Gasteiger partial charge in [-0.1, -0.05) is 6.08 Å². The first-order valence-corrected chi connectivity index (χ1v) is 7.92. The predicted octanol–water partition coefficient (Wildman–Crippen LogP) is 3.30. The summed E-state index contributed by atoms with van der Waals surface area (Å²) in [5.74, 6) is 2.72. The zero-order valence-corrected chi connectivity index (χ0v) is 18.1. The van der Waals surface area contributed by atoms with Crippen molar-refractivity contribution < 1.29 is 14.2 Å². The first kappa shape index (κ1) is 23.4. The van der Waals surface area contributed by atoms with Crippen LogP contribution < -0.4 is 19.5 Å². The second kappa shape index (κ2) is 12.7. The van der Waals surface area contributed by atoms with Gasteiger partial charge in [-0.15, -0.1) is 30.6 Å². The maximum Gasteiger partial charge on any atom is 0.203 e. The molecular weight excluding hydrogens is 433 g/mol. The lowest BCUT2D eigenvalue weighted by molar-refractivity contribution is 0.323. The molecule has 25 heavy (non-hydrogen) atoms. The highest BCUT2D eigenvalue weighted by Crippen LogP contribution is 2.38. The van der Waals surface area contributed by atoms with Gasteiger partial charge in [0.2, 0.25) is 5.75 Å². The number of aliphatic imine (C=N–C) groups is 1. The first-order chi connectivity index (χ1) is 11.6. The van der Waals surface area contributed by atoms with Crippen molar-refractivity contribution >= 4 is 29.9 Å². The van der Waals surface area contributed by atoms with Crippen molar-refractivity contribution in [2.45, 2.75) is 19.4 Å². The predicted molar refractivity (Wildman–Crippen MR) is 114 cm³/mol. The standard InChI is InChI=1S/C18H29N3O3.HI/c1-7-8-9-10-21(3)18(19-2)20-13-14-11-15(22-4)17(24-6)16(12-14)23-5;/h7,11-12H,1,8-10,13H2,2-6H3,(H,19,20);1H. The summed E-state index contributed by atoms with van der Waals surface area (Å²) in [6, 6.07) is 3.86. The van der Waals surface area contributed by atoms with Gasteiger partial charge in [0.25, 0.3) is 0 Å². The summed E-state index contributed by atoms with van der Waals surface area (Å²) in [7, 11) is 8.62. The van der Waals surface area contributed by atoms with Crippen LogP contribution >= 0.6 is 24.0 Å². The van der Waals surface area contributed by atoms with Gasteiger partial charge in [-0.25, -0.2) is 0 Å². The number of halogens is 1. The monoisotopic (exact) mass is 463 g/mol. The Morgan fingerprint density at radius 3 is 2.24 bits per heavy atom. The highest BCUT2D eigenvalue weighted by Gasteiger charge is 2.13. The number of guanidine groups is 1. The summed E-state index contributed by atoms with van der Waals surface area (Å²) in [6.07, 6.45) is 3.97. The average Bonchev–Trinajstić information content (AvgIpc) is 2.61. The van der Waals surface area contributed by atoms with E-state index in [9.17, 15) is 0 Å². The smallest absolute Gasteiger partial charge is 0.203 e. The molecule has 1 aromatic carbocycles. The van der Waals surface area contributed by atoms with Crippen molar-refractivity contribution in [1.29, 1.82) is 0 Å². The van der Waals surface area contributed by atoms with Crippen molar-refractivity contribution in [1.82, 2.24) is 10.2 Å². The van der Waals surface area contributed by atoms with E-state index in [1.54, 1.807) is 28.4 Å². The minimum atomic E-state index is 0. The highest BCUT2D eigenvalue weighted by atomic mass is 127. The minimum absolute atomic E-state index is 0. The van der Waals surface area contributed by atoms with Gasteiger partial charge in [0, 0.05) is 27.2 Å². The fraction of sp³-hybridized carbons (Fsp3) is 0.500. The zero-order chi connectivity index (χ0) is 17.9. The zero-order valence-electron chi connectivity index (χ0n) is 15.8. The Hall–Kier alpha value is -1.64. The Balaban J connectivity index is 0.00000576. The molecule has 1 rings (SSSR count). The molecule has 0 unspecified atom stereocenters. The van der Waals surface area contributed by atoms with Crippen LogP contribution in [0.25, 0.3) is 0 Å². The third kappa shape index (κ3) is 7.01. The van der Waals surface area contributed by atoms with E-state index < -0.39 is 0 Å². The summed E-state index contributed by atoms with van der Waals surface area (Å²) < 4.78 is 16.1. The van der Waals surface area contributed by atoms with Gasteiger partial charge in [0.1, 0.15) is 0 Å². The van der Waals surface area contributed by atoms with E-state index in [1.165, 1.54) is 0 Å². The SMILES string of the molecule is C=CCCCN(C)C(=NC)NCc1cc(OC)c(OC)c(OC)c1.I. The van der Waals surface area contributed by atoms with Gasteiger partial charge >= 0.3 is 0 Å². The minimum Gasteiger partial charge on any atom is -0.493 e. The number of ether oxygens (including phenoxy) is 3. The number of benzene rings is 1. The quantitative estimate of drug-likeness (QED) is 0.200. The largest absolute Gasteiger partial charge is 0.493 e. The Labute approximate surface area is 168 Å². The molecule has 0 saturated heterocycles. The molecule has 0 fully saturated rings. The molecule has 0 atom stereocenters. The number of unbranched alkanes of at least 4 members (excludes halogenated alkanes) is 1. The van der Waals surface area contributed by atoms with Gasteiger partial charge in [-0.2, -0.15) is 0 Å². The van der Waals surface area contributed by atoms with Crippen molar-refractivity contribution in [2.75, 3.05) is 42.0 Å². The average molecular weight is 463 g/mol. The van der Waals surface area contributed by atoms with Crippen LogP contribution in [-0.2, 0) is 6.54 Å². The van der Waals surface area contributed by atoms with E-state index in [1.807, 2.05) is 25.3 Å². The number of allylic oxidation sites excluding steroid dienone is 1. The Morgan fingerprint density at radius 2 is 1.80 bits per heavy atom. The molecule has 0 aromatic heterocycles. The molecule has 1 N–H and O–H groups in total. The van der Waals surface area contributed by atoms with Crippen molar-refractivity contribution in [3.05, 3.63) is 30.4 Å². The molecule has 0 spiro atoms. The van der Waals surface area contributed by atoms with Crippen LogP contribution in [0, 0.1) is 0 Å². The molecule has 0 radical (unpaired) electrons. The fourth-order valence-electron chi connectivity index (χ4n) is 2.38. The number of rotatable bonds is 9. The Bertz CT molecular complexity index is 539. The van der Waals surface area contributed by atoms with Crippen LogP contribution in [0.5, 0.6) is 17.2 Å². The van der Waals surface area contributed by atoms with E-state index in [-0.39, 0.29) is 24.0 Å². The maximum atomic E-state index is 5.38. The third-order valence-electron chi connectivity index (χ3n) is 3.65. The Kier molecular flexibility index (Phi) is 11.9. The van der Waals surface area contributed by atoms with Crippen molar-refractivity contribution in [3.63, 3.8) is 0 Å². The fourth-order valence-corrected chi connectivity index (χ4v) is 2.38. The molecule has 0 aliphatic carbocycles. The van der Waals surface area contributed by atoms with Crippen LogP contribution in [0.2, 0.25) is 0 Å². The van der Waals surface area contributed by atoms with Crippen LogP contribution in [0.3, 0.4) is 0 Å². The van der Waals surface area contributed by atoms with Gasteiger partial charge in [0.15, 0.2) is 17.5 Å². The van der Waals surface area contributed by atoms with Gasteiger partial charge in [0.05, 0.1) is 21.3 Å². The second-order valence-electron chi connectivity index (χ2n) is 5.29. The maximum absolute atomic E-state index is 5.38. The normalized spacial score (nSPS) is 10.5. The van der Waals surface area contributed by atoms with E-state index in [0.717, 1.165) is 30.9 Å². The molecular formula is C18H30IN3O3.